The summed E-state index contributed by atoms with van der Waals surface area (Å²) in [5.74, 6) is -0.339. The van der Waals surface area contributed by atoms with E-state index in [0.717, 1.165) is 31.4 Å². The van der Waals surface area contributed by atoms with Gasteiger partial charge in [0.1, 0.15) is 12.2 Å². The molecule has 8 nitrogen and oxygen atoms in total. The van der Waals surface area contributed by atoms with E-state index in [1.807, 2.05) is 6.92 Å². The Balaban J connectivity index is 1.59. The molecule has 3 saturated carbocycles. The summed E-state index contributed by atoms with van der Waals surface area (Å²) in [6, 6.07) is 0. The van der Waals surface area contributed by atoms with Crippen molar-refractivity contribution in [2.45, 2.75) is 70.5 Å². The molecule has 4 rings (SSSR count). The van der Waals surface area contributed by atoms with Crippen LogP contribution in [0.4, 0.5) is 0 Å². The van der Waals surface area contributed by atoms with Crippen molar-refractivity contribution >= 4 is 17.4 Å². The molecule has 0 spiro atoms. The first-order chi connectivity index (χ1) is 15.1. The van der Waals surface area contributed by atoms with Crippen molar-refractivity contribution in [2.75, 3.05) is 20.3 Å². The van der Waals surface area contributed by atoms with Crippen LogP contribution in [0, 0.1) is 28.6 Å². The molecule has 4 aliphatic carbocycles. The highest BCUT2D eigenvalue weighted by Crippen LogP contribution is 2.67. The van der Waals surface area contributed by atoms with Gasteiger partial charge in [0.25, 0.3) is 5.91 Å². The molecule has 0 aromatic carbocycles. The highest BCUT2D eigenvalue weighted by Gasteiger charge is 2.68. The fraction of sp³-hybridized carbons (Fsp3) is 0.792. The third kappa shape index (κ3) is 3.33. The molecule has 0 aromatic rings. The van der Waals surface area contributed by atoms with Crippen LogP contribution in [0.3, 0.4) is 0 Å². The van der Waals surface area contributed by atoms with E-state index >= 15 is 0 Å². The zero-order valence-corrected chi connectivity index (χ0v) is 19.3. The molecule has 8 heteroatoms. The maximum Gasteiger partial charge on any atom is 0.260 e. The molecule has 7 atom stereocenters. The summed E-state index contributed by atoms with van der Waals surface area (Å²) in [5, 5.41) is 38.8. The first kappa shape index (κ1) is 23.4. The van der Waals surface area contributed by atoms with E-state index in [2.05, 4.69) is 23.5 Å². The average molecular weight is 449 g/mol. The van der Waals surface area contributed by atoms with Gasteiger partial charge in [-0.05, 0) is 74.2 Å². The van der Waals surface area contributed by atoms with Gasteiger partial charge < -0.3 is 25.5 Å². The van der Waals surface area contributed by atoms with E-state index in [9.17, 15) is 24.9 Å². The Morgan fingerprint density at radius 1 is 1.25 bits per heavy atom. The Morgan fingerprint density at radius 2 is 2.00 bits per heavy atom. The van der Waals surface area contributed by atoms with Gasteiger partial charge in [0.2, 0.25) is 0 Å². The van der Waals surface area contributed by atoms with Gasteiger partial charge in [0.05, 0.1) is 11.8 Å². The summed E-state index contributed by atoms with van der Waals surface area (Å²) in [7, 11) is 1.55. The Morgan fingerprint density at radius 3 is 2.69 bits per heavy atom. The van der Waals surface area contributed by atoms with Gasteiger partial charge in [-0.15, -0.1) is 0 Å². The van der Waals surface area contributed by atoms with Gasteiger partial charge in [-0.1, -0.05) is 24.6 Å². The summed E-state index contributed by atoms with van der Waals surface area (Å²) in [4.78, 5) is 29.0. The number of carbonyl (C=O) groups is 2. The van der Waals surface area contributed by atoms with Crippen molar-refractivity contribution in [3.8, 4) is 0 Å². The van der Waals surface area contributed by atoms with Crippen molar-refractivity contribution in [1.29, 1.82) is 0 Å². The number of amides is 1. The lowest BCUT2D eigenvalue weighted by Gasteiger charge is -2.60. The van der Waals surface area contributed by atoms with Gasteiger partial charge >= 0.3 is 0 Å². The quantitative estimate of drug-likeness (QED) is 0.470. The largest absolute Gasteiger partial charge is 0.393 e. The maximum absolute atomic E-state index is 12.5. The van der Waals surface area contributed by atoms with E-state index < -0.39 is 29.5 Å². The number of nitrogens with one attached hydrogen (secondary N) is 1. The standard InChI is InChI=1S/C24H36N2O6/c1-22-8-6-15(26-32-13-20(30)25-3)10-14(22)4-5-16-17-7-9-24(31,19(29)12-27)23(17,2)11-18(28)21(16)22/h10,16-18,21,27-28,31H,4-9,11-13H2,1-3H3,(H,25,30)/t16?,17?,18-,21?,22-,23-,24-/m0/s1. The molecule has 0 heterocycles. The van der Waals surface area contributed by atoms with Crippen LogP contribution in [-0.2, 0) is 14.4 Å². The van der Waals surface area contributed by atoms with E-state index in [1.165, 1.54) is 5.57 Å². The van der Waals surface area contributed by atoms with E-state index in [4.69, 9.17) is 4.84 Å². The zero-order chi connectivity index (χ0) is 23.3. The number of aliphatic hydroxyl groups excluding tert-OH is 2. The number of Topliss-reactive ketones (excluding diaryl/α,β-unsaturated/α-hetero) is 1. The predicted molar refractivity (Wildman–Crippen MR) is 118 cm³/mol. The normalized spacial score (nSPS) is 44.2. The fourth-order valence-electron chi connectivity index (χ4n) is 7.61. The number of hydrogen-bond donors (Lipinski definition) is 4. The summed E-state index contributed by atoms with van der Waals surface area (Å²) < 4.78 is 0. The fourth-order valence-corrected chi connectivity index (χ4v) is 7.61. The first-order valence-electron chi connectivity index (χ1n) is 11.8. The maximum atomic E-state index is 12.5. The molecule has 3 fully saturated rings. The summed E-state index contributed by atoms with van der Waals surface area (Å²) >= 11 is 0. The minimum absolute atomic E-state index is 0.0560. The van der Waals surface area contributed by atoms with Crippen LogP contribution in [0.5, 0.6) is 0 Å². The molecule has 0 saturated heterocycles. The molecular weight excluding hydrogens is 412 g/mol. The SMILES string of the molecule is CNC(=O)CON=C1C=C2CCC3C([C@@H](O)C[C@@]4(C)C3CC[C@]4(O)C(=O)CO)[C@@]2(C)CC1. The minimum Gasteiger partial charge on any atom is -0.393 e. The number of aliphatic hydroxyl groups is 3. The van der Waals surface area contributed by atoms with Gasteiger partial charge in [0.15, 0.2) is 12.4 Å². The van der Waals surface area contributed by atoms with Crippen molar-refractivity contribution < 1.29 is 29.7 Å². The molecule has 0 radical (unpaired) electrons. The lowest BCUT2D eigenvalue weighted by molar-refractivity contribution is -0.181. The third-order valence-electron chi connectivity index (χ3n) is 9.32. The Hall–Kier alpha value is -1.77. The topological polar surface area (TPSA) is 128 Å². The smallest absolute Gasteiger partial charge is 0.260 e. The Kier molecular flexibility index (Phi) is 6.01. The number of likely N-dealkylation sites (N-methyl/N-ethyl adjacent to an activating group) is 1. The highest BCUT2D eigenvalue weighted by molar-refractivity contribution is 5.96. The molecular formula is C24H36N2O6. The number of ketones is 1. The van der Waals surface area contributed by atoms with Crippen LogP contribution >= 0.6 is 0 Å². The second-order valence-electron chi connectivity index (χ2n) is 10.6. The number of allylic oxidation sites excluding steroid dienone is 2. The van der Waals surface area contributed by atoms with Gasteiger partial charge in [-0.2, -0.15) is 0 Å². The van der Waals surface area contributed by atoms with Crippen molar-refractivity contribution in [3.63, 3.8) is 0 Å². The monoisotopic (exact) mass is 448 g/mol. The average Bonchev–Trinajstić information content (AvgIpc) is 3.04. The van der Waals surface area contributed by atoms with Gasteiger partial charge in [0, 0.05) is 12.5 Å². The van der Waals surface area contributed by atoms with E-state index in [1.54, 1.807) is 7.05 Å². The first-order valence-corrected chi connectivity index (χ1v) is 11.8. The summed E-state index contributed by atoms with van der Waals surface area (Å²) in [6.07, 6.45) is 6.20. The van der Waals surface area contributed by atoms with Gasteiger partial charge in [-0.25, -0.2) is 0 Å². The molecule has 0 aromatic heterocycles. The van der Waals surface area contributed by atoms with Crippen LogP contribution < -0.4 is 5.32 Å². The second-order valence-corrected chi connectivity index (χ2v) is 10.6. The number of rotatable bonds is 5. The molecule has 178 valence electrons. The van der Waals surface area contributed by atoms with Crippen molar-refractivity contribution in [2.24, 2.45) is 33.7 Å². The lowest BCUT2D eigenvalue weighted by atomic mass is 9.45. The van der Waals surface area contributed by atoms with Crippen molar-refractivity contribution in [3.05, 3.63) is 11.6 Å². The zero-order valence-electron chi connectivity index (χ0n) is 19.3. The van der Waals surface area contributed by atoms with E-state index in [0.29, 0.717) is 19.3 Å². The predicted octanol–water partition coefficient (Wildman–Crippen LogP) is 1.33. The number of fused-ring (bicyclic) bond motifs is 5. The van der Waals surface area contributed by atoms with Gasteiger partial charge in [-0.3, -0.25) is 9.59 Å². The molecule has 0 aliphatic heterocycles. The Labute approximate surface area is 189 Å². The van der Waals surface area contributed by atoms with Crippen LogP contribution in [0.15, 0.2) is 16.8 Å². The number of hydrogen-bond acceptors (Lipinski definition) is 7. The molecule has 1 amide bonds. The lowest BCUT2D eigenvalue weighted by Crippen LogP contribution is -2.62. The second kappa shape index (κ2) is 8.22. The molecule has 3 unspecified atom stereocenters. The summed E-state index contributed by atoms with van der Waals surface area (Å²) in [5.41, 5.74) is -0.386. The third-order valence-corrected chi connectivity index (χ3v) is 9.32. The molecule has 4 aliphatic rings. The minimum atomic E-state index is -1.57. The van der Waals surface area contributed by atoms with Crippen LogP contribution in [-0.4, -0.2) is 64.7 Å². The molecule has 32 heavy (non-hydrogen) atoms. The number of carbonyl (C=O) groups excluding carboxylic acids is 2. The van der Waals surface area contributed by atoms with Crippen LogP contribution in [0.2, 0.25) is 0 Å². The van der Waals surface area contributed by atoms with E-state index in [-0.39, 0.29) is 35.7 Å². The van der Waals surface area contributed by atoms with Crippen molar-refractivity contribution in [1.82, 2.24) is 5.32 Å². The summed E-state index contributed by atoms with van der Waals surface area (Å²) in [6.45, 7) is 3.38. The number of nitrogens with zero attached hydrogens (tertiary/aromatic N) is 1. The van der Waals surface area contributed by atoms with Crippen LogP contribution in [0.25, 0.3) is 0 Å². The Bertz CT molecular complexity index is 855. The molecule has 4 N–H and O–H groups in total. The highest BCUT2D eigenvalue weighted by atomic mass is 16.6. The number of oxime groups is 1. The van der Waals surface area contributed by atoms with Crippen LogP contribution in [0.1, 0.15) is 58.8 Å². The molecule has 0 bridgehead atoms.